The Morgan fingerprint density at radius 2 is 1.94 bits per heavy atom. The van der Waals surface area contributed by atoms with Gasteiger partial charge in [-0.25, -0.2) is 4.39 Å². The lowest BCUT2D eigenvalue weighted by Crippen LogP contribution is -1.91. The standard InChI is InChI=1S/C14H9BrFNO/c1-9-2-4-12(16)7-14(9)18-13-5-3-11(15)6-10(13)8-17/h2-7H,1H3. The molecule has 0 saturated heterocycles. The van der Waals surface area contributed by atoms with E-state index in [-0.39, 0.29) is 5.82 Å². The quantitative estimate of drug-likeness (QED) is 0.815. The molecule has 2 aromatic carbocycles. The highest BCUT2D eigenvalue weighted by Gasteiger charge is 2.08. The summed E-state index contributed by atoms with van der Waals surface area (Å²) in [5, 5.41) is 9.02. The lowest BCUT2D eigenvalue weighted by molar-refractivity contribution is 0.471. The summed E-state index contributed by atoms with van der Waals surface area (Å²) in [5.41, 5.74) is 1.20. The highest BCUT2D eigenvalue weighted by Crippen LogP contribution is 2.29. The summed E-state index contributed by atoms with van der Waals surface area (Å²) in [5.74, 6) is 0.453. The minimum Gasteiger partial charge on any atom is -0.456 e. The van der Waals surface area contributed by atoms with E-state index in [9.17, 15) is 4.39 Å². The van der Waals surface area contributed by atoms with Crippen LogP contribution in [0.5, 0.6) is 11.5 Å². The van der Waals surface area contributed by atoms with Crippen LogP contribution in [-0.4, -0.2) is 0 Å². The van der Waals surface area contributed by atoms with Crippen LogP contribution in [0.15, 0.2) is 40.9 Å². The molecule has 0 atom stereocenters. The van der Waals surface area contributed by atoms with E-state index in [4.69, 9.17) is 10.00 Å². The smallest absolute Gasteiger partial charge is 0.145 e. The molecule has 0 amide bonds. The summed E-state index contributed by atoms with van der Waals surface area (Å²) in [4.78, 5) is 0. The number of nitriles is 1. The molecule has 0 aliphatic heterocycles. The molecule has 2 nitrogen and oxygen atoms in total. The zero-order valence-corrected chi connectivity index (χ0v) is 11.2. The second-order valence-corrected chi connectivity index (χ2v) is 4.68. The lowest BCUT2D eigenvalue weighted by atomic mass is 10.2. The first-order chi connectivity index (χ1) is 8.60. The first kappa shape index (κ1) is 12.6. The second kappa shape index (κ2) is 5.19. The van der Waals surface area contributed by atoms with Gasteiger partial charge in [0.1, 0.15) is 23.4 Å². The molecule has 0 saturated carbocycles. The van der Waals surface area contributed by atoms with Crippen molar-refractivity contribution < 1.29 is 9.13 Å². The van der Waals surface area contributed by atoms with Crippen molar-refractivity contribution in [3.8, 4) is 17.6 Å². The summed E-state index contributed by atoms with van der Waals surface area (Å²) in [6.45, 7) is 1.82. The third kappa shape index (κ3) is 2.69. The van der Waals surface area contributed by atoms with Crippen LogP contribution in [0.3, 0.4) is 0 Å². The number of benzene rings is 2. The van der Waals surface area contributed by atoms with Gasteiger partial charge in [0.25, 0.3) is 0 Å². The summed E-state index contributed by atoms with van der Waals surface area (Å²) in [6.07, 6.45) is 0. The maximum Gasteiger partial charge on any atom is 0.145 e. The molecule has 0 aliphatic rings. The van der Waals surface area contributed by atoms with E-state index < -0.39 is 0 Å². The molecule has 4 heteroatoms. The maximum atomic E-state index is 13.1. The van der Waals surface area contributed by atoms with Crippen molar-refractivity contribution >= 4 is 15.9 Å². The first-order valence-corrected chi connectivity index (χ1v) is 6.03. The maximum absolute atomic E-state index is 13.1. The Morgan fingerprint density at radius 1 is 1.17 bits per heavy atom. The van der Waals surface area contributed by atoms with Crippen molar-refractivity contribution in [2.24, 2.45) is 0 Å². The van der Waals surface area contributed by atoms with Crippen molar-refractivity contribution in [3.63, 3.8) is 0 Å². The number of aryl methyl sites for hydroxylation is 1. The summed E-state index contributed by atoms with van der Waals surface area (Å²) in [7, 11) is 0. The van der Waals surface area contributed by atoms with Crippen molar-refractivity contribution in [1.82, 2.24) is 0 Å². The Bertz CT molecular complexity index is 634. The average Bonchev–Trinajstić information content (AvgIpc) is 2.36. The fourth-order valence-corrected chi connectivity index (χ4v) is 1.84. The Morgan fingerprint density at radius 3 is 2.67 bits per heavy atom. The van der Waals surface area contributed by atoms with E-state index in [1.54, 1.807) is 24.3 Å². The Balaban J connectivity index is 2.40. The molecule has 0 radical (unpaired) electrons. The van der Waals surface area contributed by atoms with Crippen LogP contribution in [0.2, 0.25) is 0 Å². The number of hydrogen-bond acceptors (Lipinski definition) is 2. The van der Waals surface area contributed by atoms with Gasteiger partial charge in [0.15, 0.2) is 0 Å². The van der Waals surface area contributed by atoms with Crippen LogP contribution >= 0.6 is 15.9 Å². The van der Waals surface area contributed by atoms with Crippen LogP contribution in [0.25, 0.3) is 0 Å². The molecular formula is C14H9BrFNO. The molecule has 0 unspecified atom stereocenters. The van der Waals surface area contributed by atoms with Gasteiger partial charge in [-0.15, -0.1) is 0 Å². The highest BCUT2D eigenvalue weighted by atomic mass is 79.9. The number of nitrogens with zero attached hydrogens (tertiary/aromatic N) is 1. The molecule has 0 aromatic heterocycles. The van der Waals surface area contributed by atoms with Gasteiger partial charge in [0.05, 0.1) is 5.56 Å². The molecular weight excluding hydrogens is 297 g/mol. The first-order valence-electron chi connectivity index (χ1n) is 5.24. The van der Waals surface area contributed by atoms with Gasteiger partial charge in [0, 0.05) is 10.5 Å². The van der Waals surface area contributed by atoms with Gasteiger partial charge in [-0.3, -0.25) is 0 Å². The molecule has 0 N–H and O–H groups in total. The minimum absolute atomic E-state index is 0.369. The molecule has 90 valence electrons. The van der Waals surface area contributed by atoms with Crippen molar-refractivity contribution in [2.45, 2.75) is 6.92 Å². The molecule has 2 aromatic rings. The fraction of sp³-hybridized carbons (Fsp3) is 0.0714. The van der Waals surface area contributed by atoms with Gasteiger partial charge in [0.2, 0.25) is 0 Å². The molecule has 0 spiro atoms. The van der Waals surface area contributed by atoms with E-state index in [2.05, 4.69) is 15.9 Å². The van der Waals surface area contributed by atoms with Gasteiger partial charge in [-0.1, -0.05) is 22.0 Å². The van der Waals surface area contributed by atoms with E-state index >= 15 is 0 Å². The van der Waals surface area contributed by atoms with Crippen molar-refractivity contribution in [3.05, 3.63) is 57.8 Å². The van der Waals surface area contributed by atoms with Gasteiger partial charge in [-0.05, 0) is 36.8 Å². The third-order valence-electron chi connectivity index (χ3n) is 2.43. The molecule has 2 rings (SSSR count). The predicted molar refractivity (Wildman–Crippen MR) is 70.1 cm³/mol. The van der Waals surface area contributed by atoms with Crippen LogP contribution < -0.4 is 4.74 Å². The Hall–Kier alpha value is -1.86. The van der Waals surface area contributed by atoms with Crippen LogP contribution in [0, 0.1) is 24.1 Å². The number of halogens is 2. The van der Waals surface area contributed by atoms with E-state index in [1.165, 1.54) is 12.1 Å². The van der Waals surface area contributed by atoms with Crippen LogP contribution in [0.1, 0.15) is 11.1 Å². The summed E-state index contributed by atoms with van der Waals surface area (Å²) >= 11 is 3.28. The van der Waals surface area contributed by atoms with Crippen molar-refractivity contribution in [1.29, 1.82) is 5.26 Å². The zero-order chi connectivity index (χ0) is 13.1. The molecule has 18 heavy (non-hydrogen) atoms. The van der Waals surface area contributed by atoms with E-state index in [1.807, 2.05) is 13.0 Å². The predicted octanol–water partition coefficient (Wildman–Crippen LogP) is 4.56. The number of hydrogen-bond donors (Lipinski definition) is 0. The van der Waals surface area contributed by atoms with Gasteiger partial charge in [-0.2, -0.15) is 5.26 Å². The zero-order valence-electron chi connectivity index (χ0n) is 9.58. The minimum atomic E-state index is -0.369. The molecule has 0 bridgehead atoms. The molecule has 0 fully saturated rings. The molecule has 0 heterocycles. The van der Waals surface area contributed by atoms with E-state index in [0.29, 0.717) is 17.1 Å². The molecule has 0 aliphatic carbocycles. The largest absolute Gasteiger partial charge is 0.456 e. The number of ether oxygens (including phenoxy) is 1. The van der Waals surface area contributed by atoms with Crippen LogP contribution in [-0.2, 0) is 0 Å². The monoisotopic (exact) mass is 305 g/mol. The highest BCUT2D eigenvalue weighted by molar-refractivity contribution is 9.10. The summed E-state index contributed by atoms with van der Waals surface area (Å²) in [6, 6.07) is 11.4. The second-order valence-electron chi connectivity index (χ2n) is 3.76. The summed E-state index contributed by atoms with van der Waals surface area (Å²) < 4.78 is 19.5. The normalized spacial score (nSPS) is 9.89. The van der Waals surface area contributed by atoms with Gasteiger partial charge >= 0.3 is 0 Å². The average molecular weight is 306 g/mol. The van der Waals surface area contributed by atoms with Crippen LogP contribution in [0.4, 0.5) is 4.39 Å². The topological polar surface area (TPSA) is 33.0 Å². The fourth-order valence-electron chi connectivity index (χ4n) is 1.48. The number of rotatable bonds is 2. The SMILES string of the molecule is Cc1ccc(F)cc1Oc1ccc(Br)cc1C#N. The Kier molecular flexibility index (Phi) is 3.63. The third-order valence-corrected chi connectivity index (χ3v) is 2.93. The van der Waals surface area contributed by atoms with Gasteiger partial charge < -0.3 is 4.74 Å². The van der Waals surface area contributed by atoms with Crippen molar-refractivity contribution in [2.75, 3.05) is 0 Å². The Labute approximate surface area is 113 Å². The lowest BCUT2D eigenvalue weighted by Gasteiger charge is -2.10. The van der Waals surface area contributed by atoms with E-state index in [0.717, 1.165) is 10.0 Å².